The van der Waals surface area contributed by atoms with Gasteiger partial charge in [0.2, 0.25) is 0 Å². The maximum absolute atomic E-state index is 3.97. The van der Waals surface area contributed by atoms with Gasteiger partial charge in [-0.15, -0.1) is 0 Å². The van der Waals surface area contributed by atoms with Gasteiger partial charge in [0.1, 0.15) is 0 Å². The molecule has 0 bridgehead atoms. The van der Waals surface area contributed by atoms with Gasteiger partial charge in [-0.25, -0.2) is 0 Å². The van der Waals surface area contributed by atoms with E-state index in [2.05, 4.69) is 48.3 Å². The van der Waals surface area contributed by atoms with Crippen molar-refractivity contribution in [2.45, 2.75) is 20.8 Å². The lowest BCUT2D eigenvalue weighted by Gasteiger charge is -2.09. The summed E-state index contributed by atoms with van der Waals surface area (Å²) in [5, 5.41) is 7.52. The largest absolute Gasteiger partial charge is 0.167 e. The molecule has 0 fully saturated rings. The van der Waals surface area contributed by atoms with Gasteiger partial charge in [0, 0.05) is 6.72 Å². The van der Waals surface area contributed by atoms with Crippen LogP contribution in [0.2, 0.25) is 0 Å². The number of nitrogens with zero attached hydrogens (tertiary/aromatic N) is 2. The van der Waals surface area contributed by atoms with Gasteiger partial charge in [-0.3, -0.25) is 0 Å². The molecule has 0 radical (unpaired) electrons. The van der Waals surface area contributed by atoms with Crippen molar-refractivity contribution in [2.75, 3.05) is 0 Å². The lowest BCUT2D eigenvalue weighted by Crippen LogP contribution is -1.97. The fourth-order valence-corrected chi connectivity index (χ4v) is 1.49. The van der Waals surface area contributed by atoms with Gasteiger partial charge in [0.25, 0.3) is 0 Å². The monoisotopic (exact) mass is 226 g/mol. The van der Waals surface area contributed by atoms with Gasteiger partial charge in [0.05, 0.1) is 5.71 Å². The van der Waals surface area contributed by atoms with Crippen molar-refractivity contribution in [3.05, 3.63) is 48.0 Å². The number of allylic oxidation sites excluding steroid dienone is 2. The summed E-state index contributed by atoms with van der Waals surface area (Å²) < 4.78 is 0. The SMILES string of the molecule is C=NN=C(C)c1cc(C(=C)C)cc(C(=C)C)c1. The Bertz CT molecular complexity index is 475. The summed E-state index contributed by atoms with van der Waals surface area (Å²) in [6.07, 6.45) is 0. The molecule has 0 aromatic heterocycles. The Hall–Kier alpha value is -1.96. The molecule has 2 heteroatoms. The second-order valence-electron chi connectivity index (χ2n) is 4.19. The quantitative estimate of drug-likeness (QED) is 0.543. The van der Waals surface area contributed by atoms with E-state index in [1.807, 2.05) is 20.8 Å². The van der Waals surface area contributed by atoms with E-state index in [-0.39, 0.29) is 0 Å². The molecule has 0 aliphatic carbocycles. The van der Waals surface area contributed by atoms with E-state index in [9.17, 15) is 0 Å². The van der Waals surface area contributed by atoms with Crippen LogP contribution >= 0.6 is 0 Å². The molecule has 1 aromatic carbocycles. The first-order valence-electron chi connectivity index (χ1n) is 5.43. The van der Waals surface area contributed by atoms with Gasteiger partial charge < -0.3 is 0 Å². The third-order valence-corrected chi connectivity index (χ3v) is 2.56. The predicted octanol–water partition coefficient (Wildman–Crippen LogP) is 4.18. The molecule has 0 spiro atoms. The molecule has 0 N–H and O–H groups in total. The highest BCUT2D eigenvalue weighted by molar-refractivity contribution is 6.00. The minimum atomic E-state index is 0.839. The second kappa shape index (κ2) is 5.39. The van der Waals surface area contributed by atoms with Crippen LogP contribution in [0.3, 0.4) is 0 Å². The van der Waals surface area contributed by atoms with Crippen LogP contribution < -0.4 is 0 Å². The Balaban J connectivity index is 3.41. The van der Waals surface area contributed by atoms with Crippen LogP contribution in [-0.4, -0.2) is 12.4 Å². The first-order chi connectivity index (χ1) is 7.95. The highest BCUT2D eigenvalue weighted by atomic mass is 15.2. The number of hydrogen-bond acceptors (Lipinski definition) is 2. The molecule has 88 valence electrons. The maximum atomic E-state index is 3.97. The molecule has 0 heterocycles. The van der Waals surface area contributed by atoms with Crippen molar-refractivity contribution in [3.8, 4) is 0 Å². The topological polar surface area (TPSA) is 24.7 Å². The zero-order valence-corrected chi connectivity index (χ0v) is 10.7. The number of rotatable bonds is 4. The zero-order chi connectivity index (χ0) is 13.0. The second-order valence-corrected chi connectivity index (χ2v) is 4.19. The Morgan fingerprint density at radius 2 is 1.29 bits per heavy atom. The van der Waals surface area contributed by atoms with Crippen molar-refractivity contribution in [1.82, 2.24) is 0 Å². The van der Waals surface area contributed by atoms with Crippen molar-refractivity contribution >= 4 is 23.6 Å². The smallest absolute Gasteiger partial charge is 0.0671 e. The van der Waals surface area contributed by atoms with Gasteiger partial charge in [0.15, 0.2) is 0 Å². The molecule has 0 amide bonds. The fraction of sp³-hybridized carbons (Fsp3) is 0.200. The van der Waals surface area contributed by atoms with E-state index in [4.69, 9.17) is 0 Å². The van der Waals surface area contributed by atoms with Crippen LogP contribution in [0, 0.1) is 0 Å². The molecule has 1 aromatic rings. The van der Waals surface area contributed by atoms with Crippen LogP contribution in [0.1, 0.15) is 37.5 Å². The first kappa shape index (κ1) is 13.1. The van der Waals surface area contributed by atoms with Crippen molar-refractivity contribution in [2.24, 2.45) is 10.2 Å². The molecule has 0 aliphatic rings. The Morgan fingerprint density at radius 3 is 1.65 bits per heavy atom. The van der Waals surface area contributed by atoms with Crippen molar-refractivity contribution in [3.63, 3.8) is 0 Å². The molecule has 17 heavy (non-hydrogen) atoms. The summed E-state index contributed by atoms with van der Waals surface area (Å²) in [6.45, 7) is 17.2. The van der Waals surface area contributed by atoms with Crippen molar-refractivity contribution in [1.29, 1.82) is 0 Å². The Labute approximate surface area is 103 Å². The highest BCUT2D eigenvalue weighted by Gasteiger charge is 2.05. The van der Waals surface area contributed by atoms with Gasteiger partial charge in [-0.1, -0.05) is 24.3 Å². The minimum Gasteiger partial charge on any atom is -0.167 e. The van der Waals surface area contributed by atoms with E-state index >= 15 is 0 Å². The highest BCUT2D eigenvalue weighted by Crippen LogP contribution is 2.21. The minimum absolute atomic E-state index is 0.839. The number of hydrogen-bond donors (Lipinski definition) is 0. The third kappa shape index (κ3) is 3.25. The summed E-state index contributed by atoms with van der Waals surface area (Å²) >= 11 is 0. The summed E-state index contributed by atoms with van der Waals surface area (Å²) in [7, 11) is 0. The average Bonchev–Trinajstić information content (AvgIpc) is 2.28. The van der Waals surface area contributed by atoms with Crippen LogP contribution in [0.15, 0.2) is 41.6 Å². The summed E-state index contributed by atoms with van der Waals surface area (Å²) in [4.78, 5) is 0. The Morgan fingerprint density at radius 1 is 0.882 bits per heavy atom. The lowest BCUT2D eigenvalue weighted by atomic mass is 9.97. The maximum Gasteiger partial charge on any atom is 0.0671 e. The lowest BCUT2D eigenvalue weighted by molar-refractivity contribution is 1.25. The molecule has 0 aliphatic heterocycles. The molecule has 0 saturated heterocycles. The molecule has 2 nitrogen and oxygen atoms in total. The molecular weight excluding hydrogens is 208 g/mol. The summed E-state index contributed by atoms with van der Waals surface area (Å²) in [5.41, 5.74) is 6.10. The van der Waals surface area contributed by atoms with E-state index in [0.717, 1.165) is 33.5 Å². The molecular formula is C15H18N2. The standard InChI is InChI=1S/C15H18N2/c1-10(2)13-7-14(11(3)4)9-15(8-13)12(5)17-16-6/h7-9H,1,3,6H2,2,4-5H3. The van der Waals surface area contributed by atoms with Gasteiger partial charge in [-0.05, 0) is 55.7 Å². The predicted molar refractivity (Wildman–Crippen MR) is 77.6 cm³/mol. The average molecular weight is 226 g/mol. The molecule has 0 atom stereocenters. The van der Waals surface area contributed by atoms with E-state index in [1.165, 1.54) is 0 Å². The zero-order valence-electron chi connectivity index (χ0n) is 10.7. The van der Waals surface area contributed by atoms with Gasteiger partial charge >= 0.3 is 0 Å². The van der Waals surface area contributed by atoms with E-state index in [1.54, 1.807) is 0 Å². The number of benzene rings is 1. The van der Waals surface area contributed by atoms with Crippen molar-refractivity contribution < 1.29 is 0 Å². The van der Waals surface area contributed by atoms with Crippen LogP contribution in [0.5, 0.6) is 0 Å². The summed E-state index contributed by atoms with van der Waals surface area (Å²) in [5.74, 6) is 0. The van der Waals surface area contributed by atoms with E-state index in [0.29, 0.717) is 0 Å². The fourth-order valence-electron chi connectivity index (χ4n) is 1.49. The Kier molecular flexibility index (Phi) is 4.16. The van der Waals surface area contributed by atoms with Crippen LogP contribution in [-0.2, 0) is 0 Å². The van der Waals surface area contributed by atoms with Gasteiger partial charge in [-0.2, -0.15) is 10.2 Å². The molecule has 0 unspecified atom stereocenters. The van der Waals surface area contributed by atoms with Crippen LogP contribution in [0.4, 0.5) is 0 Å². The molecule has 0 saturated carbocycles. The summed E-state index contributed by atoms with van der Waals surface area (Å²) in [6, 6.07) is 6.19. The first-order valence-corrected chi connectivity index (χ1v) is 5.43. The normalized spacial score (nSPS) is 11.1. The molecule has 1 rings (SSSR count). The van der Waals surface area contributed by atoms with E-state index < -0.39 is 0 Å². The third-order valence-electron chi connectivity index (χ3n) is 2.56. The van der Waals surface area contributed by atoms with Crippen LogP contribution in [0.25, 0.3) is 11.1 Å².